The van der Waals surface area contributed by atoms with Crippen molar-refractivity contribution in [2.24, 2.45) is 0 Å². The van der Waals surface area contributed by atoms with Gasteiger partial charge in [-0.1, -0.05) is 6.92 Å². The first-order valence-corrected chi connectivity index (χ1v) is 3.96. The Morgan fingerprint density at radius 1 is 1.75 bits per heavy atom. The molecule has 0 aliphatic carbocycles. The molecule has 4 nitrogen and oxygen atoms in total. The molecule has 0 saturated heterocycles. The molecule has 0 aromatic carbocycles. The molecule has 0 bridgehead atoms. The Kier molecular flexibility index (Phi) is 5.06. The van der Waals surface area contributed by atoms with Crippen LogP contribution in [0.15, 0.2) is 0 Å². The Bertz CT molecular complexity index is 185. The van der Waals surface area contributed by atoms with Gasteiger partial charge >= 0.3 is 0 Å². The number of carbonyl (C=O) groups excluding carboxylic acids is 1. The van der Waals surface area contributed by atoms with E-state index in [9.17, 15) is 4.79 Å². The van der Waals surface area contributed by atoms with Crippen LogP contribution in [0, 0.1) is 11.3 Å². The highest BCUT2D eigenvalue weighted by Gasteiger charge is 2.13. The normalized spacial score (nSPS) is 12.2. The van der Waals surface area contributed by atoms with Crippen LogP contribution in [0.1, 0.15) is 13.3 Å². The van der Waals surface area contributed by atoms with Crippen molar-refractivity contribution in [1.82, 2.24) is 10.2 Å². The van der Waals surface area contributed by atoms with Gasteiger partial charge < -0.3 is 5.32 Å². The number of nitriles is 1. The van der Waals surface area contributed by atoms with Crippen molar-refractivity contribution in [2.45, 2.75) is 19.4 Å². The number of likely N-dealkylation sites (N-methyl/N-ethyl adjacent to an activating group) is 2. The Morgan fingerprint density at radius 3 is 2.67 bits per heavy atom. The van der Waals surface area contributed by atoms with Gasteiger partial charge in [-0.2, -0.15) is 5.26 Å². The summed E-state index contributed by atoms with van der Waals surface area (Å²) in [7, 11) is 3.36. The van der Waals surface area contributed by atoms with Crippen LogP contribution in [0.3, 0.4) is 0 Å². The lowest BCUT2D eigenvalue weighted by Gasteiger charge is -2.19. The second-order valence-electron chi connectivity index (χ2n) is 2.64. The van der Waals surface area contributed by atoms with Gasteiger partial charge in [0.15, 0.2) is 0 Å². The van der Waals surface area contributed by atoms with Crippen LogP contribution in [0.25, 0.3) is 0 Å². The van der Waals surface area contributed by atoms with Gasteiger partial charge in [0.25, 0.3) is 0 Å². The Hall–Kier alpha value is -1.08. The summed E-state index contributed by atoms with van der Waals surface area (Å²) in [6.07, 6.45) is 0.740. The smallest absolute Gasteiger partial charge is 0.233 e. The summed E-state index contributed by atoms with van der Waals surface area (Å²) >= 11 is 0. The van der Waals surface area contributed by atoms with Crippen LogP contribution in [0.4, 0.5) is 0 Å². The molecule has 0 rings (SSSR count). The molecule has 0 aromatic rings. The number of nitrogens with zero attached hydrogens (tertiary/aromatic N) is 2. The van der Waals surface area contributed by atoms with Crippen molar-refractivity contribution in [1.29, 1.82) is 5.26 Å². The molecule has 0 spiro atoms. The molecule has 0 fully saturated rings. The standard InChI is InChI=1S/C8H15N3O/c1-4-7(5-9)11(3)6-8(12)10-2/h7H,4,6H2,1-3H3,(H,10,12). The van der Waals surface area contributed by atoms with E-state index < -0.39 is 0 Å². The fourth-order valence-corrected chi connectivity index (χ4v) is 0.917. The van der Waals surface area contributed by atoms with Gasteiger partial charge in [-0.3, -0.25) is 9.69 Å². The Morgan fingerprint density at radius 2 is 2.33 bits per heavy atom. The number of nitrogens with one attached hydrogen (secondary N) is 1. The average Bonchev–Trinajstić information content (AvgIpc) is 2.06. The first kappa shape index (κ1) is 10.9. The van der Waals surface area contributed by atoms with E-state index in [2.05, 4.69) is 11.4 Å². The van der Waals surface area contributed by atoms with Gasteiger partial charge in [0.2, 0.25) is 5.91 Å². The molecular weight excluding hydrogens is 154 g/mol. The zero-order chi connectivity index (χ0) is 9.56. The van der Waals surface area contributed by atoms with E-state index in [-0.39, 0.29) is 18.5 Å². The molecular formula is C8H15N3O. The second-order valence-corrected chi connectivity index (χ2v) is 2.64. The van der Waals surface area contributed by atoms with Gasteiger partial charge in [-0.05, 0) is 13.5 Å². The molecule has 68 valence electrons. The minimum Gasteiger partial charge on any atom is -0.358 e. The van der Waals surface area contributed by atoms with Gasteiger partial charge in [-0.25, -0.2) is 0 Å². The molecule has 4 heteroatoms. The summed E-state index contributed by atoms with van der Waals surface area (Å²) in [6.45, 7) is 2.21. The molecule has 1 atom stereocenters. The minimum absolute atomic E-state index is 0.0637. The maximum atomic E-state index is 10.9. The van der Waals surface area contributed by atoms with E-state index in [0.29, 0.717) is 0 Å². The highest BCUT2D eigenvalue weighted by Crippen LogP contribution is 1.98. The van der Waals surface area contributed by atoms with Crippen LogP contribution in [-0.4, -0.2) is 37.5 Å². The molecule has 0 aliphatic heterocycles. The lowest BCUT2D eigenvalue weighted by Crippen LogP contribution is -2.38. The van der Waals surface area contributed by atoms with Gasteiger partial charge in [-0.15, -0.1) is 0 Å². The zero-order valence-corrected chi connectivity index (χ0v) is 7.79. The first-order chi connectivity index (χ1) is 5.65. The zero-order valence-electron chi connectivity index (χ0n) is 7.79. The van der Waals surface area contributed by atoms with Crippen molar-refractivity contribution >= 4 is 5.91 Å². The third kappa shape index (κ3) is 3.35. The van der Waals surface area contributed by atoms with Crippen molar-refractivity contribution in [3.05, 3.63) is 0 Å². The summed E-state index contributed by atoms with van der Waals surface area (Å²) in [6, 6.07) is 1.96. The highest BCUT2D eigenvalue weighted by atomic mass is 16.1. The summed E-state index contributed by atoms with van der Waals surface area (Å²) in [4.78, 5) is 12.6. The lowest BCUT2D eigenvalue weighted by atomic mass is 10.2. The van der Waals surface area contributed by atoms with Gasteiger partial charge in [0, 0.05) is 7.05 Å². The Balaban J connectivity index is 3.94. The fraction of sp³-hybridized carbons (Fsp3) is 0.750. The van der Waals surface area contributed by atoms with Crippen LogP contribution in [0.5, 0.6) is 0 Å². The molecule has 0 saturated carbocycles. The minimum atomic E-state index is -0.165. The third-order valence-corrected chi connectivity index (χ3v) is 1.74. The maximum Gasteiger partial charge on any atom is 0.233 e. The number of amides is 1. The Labute approximate surface area is 73.2 Å². The van der Waals surface area contributed by atoms with Crippen LogP contribution in [0.2, 0.25) is 0 Å². The summed E-state index contributed by atoms with van der Waals surface area (Å²) in [5.74, 6) is -0.0637. The second kappa shape index (κ2) is 5.56. The van der Waals surface area contributed by atoms with E-state index in [0.717, 1.165) is 6.42 Å². The predicted molar refractivity (Wildman–Crippen MR) is 46.4 cm³/mol. The van der Waals surface area contributed by atoms with Gasteiger partial charge in [0.05, 0.1) is 18.7 Å². The number of rotatable bonds is 4. The summed E-state index contributed by atoms with van der Waals surface area (Å²) in [5, 5.41) is 11.2. The van der Waals surface area contributed by atoms with Crippen LogP contribution < -0.4 is 5.32 Å². The third-order valence-electron chi connectivity index (χ3n) is 1.74. The molecule has 1 amide bonds. The summed E-state index contributed by atoms with van der Waals surface area (Å²) < 4.78 is 0. The van der Waals surface area contributed by atoms with E-state index in [4.69, 9.17) is 5.26 Å². The highest BCUT2D eigenvalue weighted by molar-refractivity contribution is 5.77. The van der Waals surface area contributed by atoms with Crippen molar-refractivity contribution < 1.29 is 4.79 Å². The maximum absolute atomic E-state index is 10.9. The predicted octanol–water partition coefficient (Wildman–Crippen LogP) is -0.0336. The van der Waals surface area contributed by atoms with Crippen LogP contribution in [-0.2, 0) is 4.79 Å². The number of hydrogen-bond donors (Lipinski definition) is 1. The van der Waals surface area contributed by atoms with E-state index >= 15 is 0 Å². The molecule has 0 aliphatic rings. The molecule has 0 heterocycles. The first-order valence-electron chi connectivity index (χ1n) is 3.96. The molecule has 1 N–H and O–H groups in total. The molecule has 0 aromatic heterocycles. The number of carbonyl (C=O) groups is 1. The van der Waals surface area contributed by atoms with Crippen molar-refractivity contribution in [3.63, 3.8) is 0 Å². The molecule has 12 heavy (non-hydrogen) atoms. The van der Waals surface area contributed by atoms with Crippen molar-refractivity contribution in [3.8, 4) is 6.07 Å². The quantitative estimate of drug-likeness (QED) is 0.642. The van der Waals surface area contributed by atoms with Crippen molar-refractivity contribution in [2.75, 3.05) is 20.6 Å². The number of hydrogen-bond acceptors (Lipinski definition) is 3. The van der Waals surface area contributed by atoms with E-state index in [1.807, 2.05) is 6.92 Å². The van der Waals surface area contributed by atoms with E-state index in [1.165, 1.54) is 0 Å². The van der Waals surface area contributed by atoms with E-state index in [1.54, 1.807) is 19.0 Å². The largest absolute Gasteiger partial charge is 0.358 e. The average molecular weight is 169 g/mol. The van der Waals surface area contributed by atoms with Crippen LogP contribution >= 0.6 is 0 Å². The fourth-order valence-electron chi connectivity index (χ4n) is 0.917. The molecule has 0 radical (unpaired) electrons. The SMILES string of the molecule is CCC(C#N)N(C)CC(=O)NC. The molecule has 1 unspecified atom stereocenters. The topological polar surface area (TPSA) is 56.1 Å². The summed E-state index contributed by atoms with van der Waals surface area (Å²) in [5.41, 5.74) is 0. The van der Waals surface area contributed by atoms with Gasteiger partial charge in [0.1, 0.15) is 0 Å². The monoisotopic (exact) mass is 169 g/mol. The lowest BCUT2D eigenvalue weighted by molar-refractivity contribution is -0.121.